The van der Waals surface area contributed by atoms with Gasteiger partial charge in [-0.15, -0.1) is 11.8 Å². The number of carbonyl (C=O) groups excluding carboxylic acids is 1. The van der Waals surface area contributed by atoms with Gasteiger partial charge in [-0.2, -0.15) is 4.89 Å². The summed E-state index contributed by atoms with van der Waals surface area (Å²) < 4.78 is 0. The molecule has 2 heterocycles. The van der Waals surface area contributed by atoms with Crippen molar-refractivity contribution in [2.75, 3.05) is 42.8 Å². The minimum absolute atomic E-state index is 0.127. The monoisotopic (exact) mass is 467 g/mol. The number of nitrogens with one attached hydrogen (secondary N) is 1. The van der Waals surface area contributed by atoms with Crippen LogP contribution in [0, 0.1) is 0 Å². The van der Waals surface area contributed by atoms with E-state index in [2.05, 4.69) is 65.4 Å². The molecule has 1 N–H and O–H groups in total. The largest absolute Gasteiger partial charge is 0.378 e. The van der Waals surface area contributed by atoms with E-state index in [1.54, 1.807) is 6.92 Å². The number of rotatable bonds is 7. The topological polar surface area (TPSA) is 54.0 Å². The molecule has 2 aliphatic rings. The molecule has 6 nitrogen and oxygen atoms in total. The summed E-state index contributed by atoms with van der Waals surface area (Å²) in [5.41, 5.74) is 5.13. The quantitative estimate of drug-likeness (QED) is 0.469. The van der Waals surface area contributed by atoms with E-state index >= 15 is 0 Å². The van der Waals surface area contributed by atoms with Crippen LogP contribution in [0.1, 0.15) is 42.3 Å². The smallest absolute Gasteiger partial charge is 0.373 e. The maximum absolute atomic E-state index is 12.4. The lowest BCUT2D eigenvalue weighted by molar-refractivity contribution is -0.236. The molecule has 0 amide bonds. The average molecular weight is 468 g/mol. The normalized spacial score (nSPS) is 21.4. The highest BCUT2D eigenvalue weighted by molar-refractivity contribution is 8.00. The molecule has 0 aromatic heterocycles. The Labute approximate surface area is 200 Å². The van der Waals surface area contributed by atoms with Gasteiger partial charge < -0.3 is 9.80 Å². The third-order valence-electron chi connectivity index (χ3n) is 6.33. The van der Waals surface area contributed by atoms with E-state index < -0.39 is 5.97 Å². The van der Waals surface area contributed by atoms with Crippen molar-refractivity contribution in [2.45, 2.75) is 37.7 Å². The number of nitrogens with zero attached hydrogens (tertiary/aromatic N) is 2. The molecule has 7 heteroatoms. The summed E-state index contributed by atoms with van der Waals surface area (Å²) in [7, 11) is 4.09. The summed E-state index contributed by atoms with van der Waals surface area (Å²) in [4.78, 5) is 26.8. The van der Waals surface area contributed by atoms with Gasteiger partial charge in [0.1, 0.15) is 5.50 Å². The maximum Gasteiger partial charge on any atom is 0.373 e. The zero-order valence-corrected chi connectivity index (χ0v) is 20.8. The van der Waals surface area contributed by atoms with Gasteiger partial charge in [0.15, 0.2) is 0 Å². The van der Waals surface area contributed by atoms with Crippen LogP contribution < -0.4 is 15.1 Å². The fourth-order valence-electron chi connectivity index (χ4n) is 4.50. The van der Waals surface area contributed by atoms with Gasteiger partial charge in [0, 0.05) is 43.2 Å². The molecule has 0 radical (unpaired) electrons. The molecule has 2 atom stereocenters. The SMILES string of the molecule is CCOOC(=O)c1ccc2c(c1)C(C)(C)C(C=Cc1ccc(N(C)C)cc1)N2[C@H]1NCCS1. The lowest BCUT2D eigenvalue weighted by Crippen LogP contribution is -2.48. The predicted molar refractivity (Wildman–Crippen MR) is 137 cm³/mol. The molecule has 2 aliphatic heterocycles. The Morgan fingerprint density at radius 3 is 2.64 bits per heavy atom. The molecule has 4 rings (SSSR count). The van der Waals surface area contributed by atoms with E-state index in [4.69, 9.17) is 9.78 Å². The second-order valence-corrected chi connectivity index (χ2v) is 10.3. The summed E-state index contributed by atoms with van der Waals surface area (Å²) in [5.74, 6) is 0.619. The Morgan fingerprint density at radius 2 is 2.00 bits per heavy atom. The number of hydrogen-bond acceptors (Lipinski definition) is 7. The van der Waals surface area contributed by atoms with Crippen molar-refractivity contribution < 1.29 is 14.6 Å². The second-order valence-electron chi connectivity index (χ2n) is 9.11. The molecular weight excluding hydrogens is 434 g/mol. The molecule has 0 spiro atoms. The van der Waals surface area contributed by atoms with E-state index in [1.807, 2.05) is 44.1 Å². The van der Waals surface area contributed by atoms with Gasteiger partial charge in [0.25, 0.3) is 0 Å². The Morgan fingerprint density at radius 1 is 1.24 bits per heavy atom. The Kier molecular flexibility index (Phi) is 7.02. The predicted octanol–water partition coefficient (Wildman–Crippen LogP) is 4.66. The Bertz CT molecular complexity index is 1010. The molecular formula is C26H33N3O3S. The van der Waals surface area contributed by atoms with Gasteiger partial charge in [0.2, 0.25) is 0 Å². The number of anilines is 2. The van der Waals surface area contributed by atoms with Crippen molar-refractivity contribution in [3.05, 3.63) is 65.2 Å². The summed E-state index contributed by atoms with van der Waals surface area (Å²) in [6, 6.07) is 14.5. The third-order valence-corrected chi connectivity index (χ3v) is 7.48. The van der Waals surface area contributed by atoms with Crippen LogP contribution in [0.25, 0.3) is 6.08 Å². The van der Waals surface area contributed by atoms with Crippen LogP contribution in [0.15, 0.2) is 48.5 Å². The zero-order valence-electron chi connectivity index (χ0n) is 20.0. The van der Waals surface area contributed by atoms with Crippen LogP contribution in [-0.4, -0.2) is 50.5 Å². The molecule has 176 valence electrons. The minimum atomic E-state index is -0.463. The highest BCUT2D eigenvalue weighted by Crippen LogP contribution is 2.48. The van der Waals surface area contributed by atoms with Gasteiger partial charge >= 0.3 is 5.97 Å². The Hall–Kier alpha value is -2.48. The summed E-state index contributed by atoms with van der Waals surface area (Å²) in [6.07, 6.45) is 4.50. The number of hydrogen-bond donors (Lipinski definition) is 1. The van der Waals surface area contributed by atoms with Crippen LogP contribution >= 0.6 is 11.8 Å². The van der Waals surface area contributed by atoms with Crippen LogP contribution in [0.2, 0.25) is 0 Å². The molecule has 0 saturated carbocycles. The minimum Gasteiger partial charge on any atom is -0.378 e. The van der Waals surface area contributed by atoms with Gasteiger partial charge in [-0.05, 0) is 48.4 Å². The van der Waals surface area contributed by atoms with Gasteiger partial charge in [-0.3, -0.25) is 10.2 Å². The Balaban J connectivity index is 1.67. The van der Waals surface area contributed by atoms with Gasteiger partial charge in [-0.25, -0.2) is 4.79 Å². The van der Waals surface area contributed by atoms with Crippen LogP contribution in [0.5, 0.6) is 0 Å². The fraction of sp³-hybridized carbons (Fsp3) is 0.423. The molecule has 1 saturated heterocycles. The first-order valence-electron chi connectivity index (χ1n) is 11.4. The fourth-order valence-corrected chi connectivity index (χ4v) is 5.60. The molecule has 1 unspecified atom stereocenters. The number of benzene rings is 2. The van der Waals surface area contributed by atoms with Crippen molar-refractivity contribution >= 4 is 35.2 Å². The molecule has 2 aromatic carbocycles. The summed E-state index contributed by atoms with van der Waals surface area (Å²) >= 11 is 1.92. The van der Waals surface area contributed by atoms with Gasteiger partial charge in [0.05, 0.1) is 18.2 Å². The van der Waals surface area contributed by atoms with Crippen LogP contribution in [0.4, 0.5) is 11.4 Å². The van der Waals surface area contributed by atoms with Crippen molar-refractivity contribution in [2.24, 2.45) is 0 Å². The van der Waals surface area contributed by atoms with E-state index in [-0.39, 0.29) is 17.0 Å². The van der Waals surface area contributed by atoms with E-state index in [0.717, 1.165) is 23.5 Å². The average Bonchev–Trinajstić information content (AvgIpc) is 3.41. The van der Waals surface area contributed by atoms with Crippen molar-refractivity contribution in [3.8, 4) is 0 Å². The van der Waals surface area contributed by atoms with Crippen molar-refractivity contribution in [1.82, 2.24) is 5.32 Å². The third kappa shape index (κ3) is 4.76. The first-order valence-corrected chi connectivity index (χ1v) is 12.4. The summed E-state index contributed by atoms with van der Waals surface area (Å²) in [6.45, 7) is 7.58. The van der Waals surface area contributed by atoms with Gasteiger partial charge in [-0.1, -0.05) is 38.1 Å². The lowest BCUT2D eigenvalue weighted by atomic mass is 9.79. The van der Waals surface area contributed by atoms with Crippen LogP contribution in [0.3, 0.4) is 0 Å². The van der Waals surface area contributed by atoms with Crippen molar-refractivity contribution in [1.29, 1.82) is 0 Å². The molecule has 0 bridgehead atoms. The molecule has 1 fully saturated rings. The summed E-state index contributed by atoms with van der Waals surface area (Å²) in [5, 5.41) is 3.63. The first kappa shape index (κ1) is 23.7. The molecule has 0 aliphatic carbocycles. The first-order chi connectivity index (χ1) is 15.8. The zero-order chi connectivity index (χ0) is 23.6. The highest BCUT2D eigenvalue weighted by atomic mass is 32.2. The van der Waals surface area contributed by atoms with Crippen LogP contribution in [-0.2, 0) is 15.2 Å². The molecule has 2 aromatic rings. The van der Waals surface area contributed by atoms with E-state index in [9.17, 15) is 4.79 Å². The standard InChI is InChI=1S/C26H33N3O3S/c1-6-31-32-24(30)19-10-13-22-21(17-19)26(2,3)23(29(22)25-27-15-16-33-25)14-9-18-7-11-20(12-8-18)28(4)5/h7-14,17,23,25,27H,6,15-16H2,1-5H3/t23?,25-/m1/s1. The lowest BCUT2D eigenvalue weighted by Gasteiger charge is -2.36. The maximum atomic E-state index is 12.4. The highest BCUT2D eigenvalue weighted by Gasteiger charge is 2.46. The van der Waals surface area contributed by atoms with Crippen molar-refractivity contribution in [3.63, 3.8) is 0 Å². The van der Waals surface area contributed by atoms with E-state index in [0.29, 0.717) is 12.2 Å². The number of fused-ring (bicyclic) bond motifs is 1. The number of carbonyl (C=O) groups is 1. The van der Waals surface area contributed by atoms with E-state index in [1.165, 1.54) is 11.3 Å². The number of thioether (sulfide) groups is 1. The second kappa shape index (κ2) is 9.79. The molecule has 33 heavy (non-hydrogen) atoms.